The smallest absolute Gasteiger partial charge is 0.545 e. The molecule has 0 aliphatic heterocycles. The predicted octanol–water partition coefficient (Wildman–Crippen LogP) is 6.63. The van der Waals surface area contributed by atoms with Crippen molar-refractivity contribution < 1.29 is 87.2 Å². The van der Waals surface area contributed by atoms with Gasteiger partial charge in [0.15, 0.2) is 12.4 Å². The third kappa shape index (κ3) is 17.5. The van der Waals surface area contributed by atoms with E-state index in [0.29, 0.717) is 41.6 Å². The minimum absolute atomic E-state index is 0. The number of aromatic nitrogens is 1. The summed E-state index contributed by atoms with van der Waals surface area (Å²) in [6.45, 7) is 4.09. The molecule has 6 aromatic rings. The molecule has 1 saturated carbocycles. The van der Waals surface area contributed by atoms with Crippen LogP contribution in [-0.4, -0.2) is 86.3 Å². The molecule has 84 heavy (non-hydrogen) atoms. The number of rotatable bonds is 28. The van der Waals surface area contributed by atoms with E-state index in [9.17, 15) is 38.7 Å². The number of methoxy groups -OCH3 is 1. The van der Waals surface area contributed by atoms with Crippen molar-refractivity contribution in [2.75, 3.05) is 56.0 Å². The summed E-state index contributed by atoms with van der Waals surface area (Å²) < 4.78 is 22.7. The molecule has 2 aliphatic carbocycles. The van der Waals surface area contributed by atoms with Crippen LogP contribution >= 0.6 is 11.6 Å². The number of carboxylic acid groups (broad SMARTS) is 1. The SMILES string of the molecule is COc1cc(NC(=O)c2ccccn2)ccc1NC(=O)c1ccc(NC(=O)COCC(=O)NCCCCCCCCNC(=O)COc2ccc(-c3cccc(COc4cc5c(c(C)c4C)C(=O)C(C4CCCC4)C5)c3)cc2C(=O)[O-])cc1Cl.[Na+]. The summed E-state index contributed by atoms with van der Waals surface area (Å²) in [5.41, 5.74) is 7.44. The first kappa shape index (κ1) is 64.0. The quantitative estimate of drug-likeness (QED) is 0.0256. The molecule has 1 aromatic heterocycles. The molecular formula is C64H68ClN6NaO12. The van der Waals surface area contributed by atoms with E-state index in [0.717, 1.165) is 96.9 Å². The molecule has 0 bridgehead atoms. The summed E-state index contributed by atoms with van der Waals surface area (Å²) in [5, 5.41) is 26.0. The Kier molecular flexibility index (Phi) is 23.9. The Labute approximate surface area is 515 Å². The normalized spacial score (nSPS) is 13.5. The van der Waals surface area contributed by atoms with E-state index < -0.39 is 30.3 Å². The summed E-state index contributed by atoms with van der Waals surface area (Å²) in [6, 6.07) is 28.5. The van der Waals surface area contributed by atoms with Crippen molar-refractivity contribution in [3.8, 4) is 28.4 Å². The Morgan fingerprint density at radius 3 is 2.04 bits per heavy atom. The van der Waals surface area contributed by atoms with E-state index in [1.807, 2.05) is 44.2 Å². The van der Waals surface area contributed by atoms with Crippen LogP contribution in [-0.2, 0) is 32.1 Å². The third-order valence-corrected chi connectivity index (χ3v) is 15.3. The van der Waals surface area contributed by atoms with Crippen molar-refractivity contribution >= 4 is 70.0 Å². The number of hydrogen-bond donors (Lipinski definition) is 5. The number of ketones is 1. The summed E-state index contributed by atoms with van der Waals surface area (Å²) in [5.74, 6) is -1.76. The molecule has 1 heterocycles. The minimum atomic E-state index is -1.43. The minimum Gasteiger partial charge on any atom is -0.545 e. The van der Waals surface area contributed by atoms with Crippen LogP contribution in [0.1, 0.15) is 128 Å². The van der Waals surface area contributed by atoms with Crippen LogP contribution in [0.25, 0.3) is 11.1 Å². The van der Waals surface area contributed by atoms with Gasteiger partial charge in [-0.05, 0) is 152 Å². The first-order valence-electron chi connectivity index (χ1n) is 28.0. The zero-order valence-corrected chi connectivity index (χ0v) is 50.5. The fourth-order valence-electron chi connectivity index (χ4n) is 10.5. The maximum atomic E-state index is 13.5. The van der Waals surface area contributed by atoms with E-state index in [4.69, 9.17) is 30.5 Å². The summed E-state index contributed by atoms with van der Waals surface area (Å²) >= 11 is 6.42. The van der Waals surface area contributed by atoms with E-state index in [1.165, 1.54) is 56.5 Å². The number of amides is 5. The summed E-state index contributed by atoms with van der Waals surface area (Å²) in [4.78, 5) is 92.9. The molecule has 0 radical (unpaired) electrons. The molecule has 2 aliphatic rings. The number of fused-ring (bicyclic) bond motifs is 1. The number of aromatic carboxylic acids is 1. The monoisotopic (exact) mass is 1170 g/mol. The van der Waals surface area contributed by atoms with Gasteiger partial charge in [0.25, 0.3) is 17.7 Å². The van der Waals surface area contributed by atoms with Crippen LogP contribution in [0.4, 0.5) is 17.1 Å². The second-order valence-electron chi connectivity index (χ2n) is 20.7. The van der Waals surface area contributed by atoms with Crippen molar-refractivity contribution in [3.05, 3.63) is 159 Å². The van der Waals surface area contributed by atoms with Crippen molar-refractivity contribution in [2.45, 2.75) is 91.1 Å². The zero-order valence-electron chi connectivity index (χ0n) is 47.8. The van der Waals surface area contributed by atoms with Crippen LogP contribution < -0.4 is 75.5 Å². The number of benzene rings is 5. The van der Waals surface area contributed by atoms with Gasteiger partial charge in [0, 0.05) is 53.8 Å². The molecule has 434 valence electrons. The molecule has 1 atom stereocenters. The van der Waals surface area contributed by atoms with Gasteiger partial charge >= 0.3 is 29.6 Å². The van der Waals surface area contributed by atoms with E-state index in [-0.39, 0.29) is 106 Å². The third-order valence-electron chi connectivity index (χ3n) is 15.0. The molecule has 0 saturated heterocycles. The number of Topliss-reactive ketones (excluding diaryl/α,β-unsaturated/α-hetero) is 1. The number of anilines is 3. The first-order valence-corrected chi connectivity index (χ1v) is 28.3. The van der Waals surface area contributed by atoms with E-state index in [1.54, 1.807) is 42.5 Å². The van der Waals surface area contributed by atoms with Crippen LogP contribution in [0.2, 0.25) is 5.02 Å². The maximum Gasteiger partial charge on any atom is 1.00 e. The molecule has 5 aromatic carbocycles. The number of carbonyl (C=O) groups is 7. The van der Waals surface area contributed by atoms with Gasteiger partial charge < -0.3 is 55.4 Å². The second-order valence-corrected chi connectivity index (χ2v) is 21.2. The molecular weight excluding hydrogens is 1100 g/mol. The Morgan fingerprint density at radius 1 is 0.643 bits per heavy atom. The van der Waals surface area contributed by atoms with Crippen LogP contribution in [0.3, 0.4) is 0 Å². The summed E-state index contributed by atoms with van der Waals surface area (Å²) in [7, 11) is 1.42. The van der Waals surface area contributed by atoms with Gasteiger partial charge in [-0.3, -0.25) is 33.8 Å². The number of carbonyl (C=O) groups excluding carboxylic acids is 7. The van der Waals surface area contributed by atoms with Gasteiger partial charge in [0.05, 0.1) is 29.4 Å². The molecule has 1 fully saturated rings. The molecule has 5 amide bonds. The molecule has 5 N–H and O–H groups in total. The van der Waals surface area contributed by atoms with Gasteiger partial charge in [-0.2, -0.15) is 0 Å². The number of carboxylic acids is 1. The number of nitrogens with one attached hydrogen (secondary N) is 5. The number of unbranched alkanes of at least 4 members (excludes halogenated alkanes) is 5. The molecule has 1 unspecified atom stereocenters. The number of nitrogens with zero attached hydrogens (tertiary/aromatic N) is 1. The molecule has 0 spiro atoms. The summed E-state index contributed by atoms with van der Waals surface area (Å²) in [6.07, 6.45) is 12.0. The Balaban J connectivity index is 0.0000101. The predicted molar refractivity (Wildman–Crippen MR) is 313 cm³/mol. The van der Waals surface area contributed by atoms with Crippen molar-refractivity contribution in [2.24, 2.45) is 11.8 Å². The van der Waals surface area contributed by atoms with Crippen LogP contribution in [0, 0.1) is 25.7 Å². The standard InChI is InChI=1S/C64H69ClN6O12.Na/c1-39-40(2)60-45(31-49(61(60)75)42-16-8-9-17-42)32-55(39)82-35-41-15-14-18-43(29-41)44-20-25-54(50(30-44)64(78)79)83-38-58(73)68-28-12-7-5-4-6-11-27-67-57(72)36-81-37-59(74)69-46-21-23-48(51(65)33-46)62(76)71-52-24-22-47(34-56(52)80-3)70-63(77)53-19-10-13-26-66-53;/h10,13-15,18-26,29-30,32-34,42,49H,4-9,11-12,16-17,27-28,31,35-38H2,1-3H3,(H,67,72)(H,68,73)(H,69,74)(H,70,77)(H,71,76)(H,78,79);/q;+1/p-1. The van der Waals surface area contributed by atoms with Crippen LogP contribution in [0.5, 0.6) is 17.2 Å². The Morgan fingerprint density at radius 2 is 1.33 bits per heavy atom. The van der Waals surface area contributed by atoms with E-state index >= 15 is 0 Å². The zero-order chi connectivity index (χ0) is 58.8. The van der Waals surface area contributed by atoms with Gasteiger partial charge in [0.2, 0.25) is 11.8 Å². The molecule has 20 heteroatoms. The van der Waals surface area contributed by atoms with Crippen molar-refractivity contribution in [1.82, 2.24) is 15.6 Å². The number of ether oxygens (including phenoxy) is 4. The van der Waals surface area contributed by atoms with Crippen LogP contribution in [0.15, 0.2) is 109 Å². The number of halogens is 1. The van der Waals surface area contributed by atoms with Gasteiger partial charge in [0.1, 0.15) is 42.8 Å². The largest absolute Gasteiger partial charge is 1.00 e. The van der Waals surface area contributed by atoms with Crippen molar-refractivity contribution in [3.63, 3.8) is 0 Å². The Hall–Kier alpha value is -7.61. The fourth-order valence-corrected chi connectivity index (χ4v) is 10.7. The first-order chi connectivity index (χ1) is 40.1. The van der Waals surface area contributed by atoms with Gasteiger partial charge in [-0.25, -0.2) is 0 Å². The topological polar surface area (TPSA) is 253 Å². The fraction of sp³-hybridized carbons (Fsp3) is 0.344. The maximum absolute atomic E-state index is 13.5. The average molecular weight is 1170 g/mol. The molecule has 8 rings (SSSR count). The van der Waals surface area contributed by atoms with Crippen molar-refractivity contribution in [1.29, 1.82) is 0 Å². The molecule has 18 nitrogen and oxygen atoms in total. The number of hydrogen-bond acceptors (Lipinski definition) is 13. The van der Waals surface area contributed by atoms with E-state index in [2.05, 4.69) is 31.6 Å². The Bertz CT molecular complexity index is 3360. The van der Waals surface area contributed by atoms with Gasteiger partial charge in [-0.15, -0.1) is 0 Å². The van der Waals surface area contributed by atoms with Gasteiger partial charge in [-0.1, -0.05) is 80.5 Å². The average Bonchev–Trinajstić information content (AvgIpc) is 2.11. The number of pyridine rings is 1. The second kappa shape index (κ2) is 31.3.